The molecule has 4 heterocycles. The van der Waals surface area contributed by atoms with Crippen LogP contribution >= 0.6 is 0 Å². The summed E-state index contributed by atoms with van der Waals surface area (Å²) < 4.78 is 9.38. The molecule has 4 N–H and O–H groups in total. The first-order valence-corrected chi connectivity index (χ1v) is 51.7. The fourth-order valence-electron chi connectivity index (χ4n) is 20.6. The van der Waals surface area contributed by atoms with Crippen molar-refractivity contribution in [2.45, 2.75) is 299 Å². The van der Waals surface area contributed by atoms with Crippen molar-refractivity contribution in [3.63, 3.8) is 0 Å². The third-order valence-corrected chi connectivity index (χ3v) is 29.1. The number of aliphatic hydroxyl groups is 1. The van der Waals surface area contributed by atoms with Crippen LogP contribution in [0.2, 0.25) is 0 Å². The quantitative estimate of drug-likeness (QED) is 0.0257. The number of fused-ring (bicyclic) bond motifs is 4. The van der Waals surface area contributed by atoms with Crippen LogP contribution in [-0.2, 0) is 96.1 Å². The van der Waals surface area contributed by atoms with Crippen molar-refractivity contribution < 1.29 is 68.9 Å². The molecule has 0 saturated carbocycles. The van der Waals surface area contributed by atoms with Gasteiger partial charge in [0.05, 0.1) is 118 Å². The molecule has 13 rings (SSSR count). The topological polar surface area (TPSA) is 305 Å². The second-order valence-electron chi connectivity index (χ2n) is 39.0. The van der Waals surface area contributed by atoms with E-state index >= 15 is 0 Å². The second-order valence-corrected chi connectivity index (χ2v) is 39.0. The number of nitriles is 4. The minimum Gasteiger partial charge on any atom is -0.481 e. The van der Waals surface area contributed by atoms with Crippen molar-refractivity contribution in [1.29, 1.82) is 21.0 Å². The van der Waals surface area contributed by atoms with E-state index in [1.54, 1.807) is 19.1 Å². The van der Waals surface area contributed by atoms with Gasteiger partial charge in [-0.3, -0.25) is 19.4 Å². The number of carboxylic acids is 3. The van der Waals surface area contributed by atoms with E-state index in [0.717, 1.165) is 211 Å². The maximum Gasteiger partial charge on any atom is 0.335 e. The zero-order chi connectivity index (χ0) is 99.6. The predicted octanol–water partition coefficient (Wildman–Crippen LogP) is 26.9. The van der Waals surface area contributed by atoms with Gasteiger partial charge in [-0.25, -0.2) is 24.7 Å². The number of carboxylic acid groups (broad SMARTS) is 3. The molecule has 0 bridgehead atoms. The molecule has 11 atom stereocenters. The smallest absolute Gasteiger partial charge is 0.335 e. The third kappa shape index (κ3) is 30.8. The molecular formula is C119H146Mn2N14O7. The van der Waals surface area contributed by atoms with Gasteiger partial charge in [0.1, 0.15) is 23.3 Å². The summed E-state index contributed by atoms with van der Waals surface area (Å²) in [5.41, 5.74) is 18.5. The molecule has 0 aliphatic heterocycles. The van der Waals surface area contributed by atoms with Gasteiger partial charge in [-0.15, -0.1) is 0 Å². The number of para-hydroxylation sites is 8. The minimum absolute atomic E-state index is 0. The number of benzene rings is 9. The summed E-state index contributed by atoms with van der Waals surface area (Å²) in [5.74, 6) is 0.959. The number of aromatic carboxylic acids is 1. The van der Waals surface area contributed by atoms with Crippen LogP contribution in [-0.4, -0.2) is 106 Å². The maximum absolute atomic E-state index is 13.6. The number of rotatable bonds is 56. The number of hydrogen-bond donors (Lipinski definition) is 4. The summed E-state index contributed by atoms with van der Waals surface area (Å²) in [7, 11) is 0. The van der Waals surface area contributed by atoms with Crippen LogP contribution in [0.3, 0.4) is 0 Å². The Bertz CT molecular complexity index is 6300. The van der Waals surface area contributed by atoms with Crippen LogP contribution in [0.15, 0.2) is 218 Å². The molecule has 0 fully saturated rings. The van der Waals surface area contributed by atoms with Crippen LogP contribution in [0.5, 0.6) is 0 Å². The number of carbonyl (C=O) groups is 3. The normalized spacial score (nSPS) is 13.8. The summed E-state index contributed by atoms with van der Waals surface area (Å²) in [6.07, 6.45) is 17.9. The number of imidazole rings is 4. The van der Waals surface area contributed by atoms with Crippen molar-refractivity contribution in [3.05, 3.63) is 297 Å². The first-order chi connectivity index (χ1) is 68.0. The maximum atomic E-state index is 13.6. The Morgan fingerprint density at radius 3 is 0.958 bits per heavy atom. The number of hydrogen-bond acceptors (Lipinski definition) is 14. The Hall–Kier alpha value is -11.9. The Labute approximate surface area is 862 Å². The number of nitrogens with zero attached hydrogens (tertiary/aromatic N) is 14. The van der Waals surface area contributed by atoms with E-state index in [1.807, 2.05) is 31.2 Å². The Morgan fingerprint density at radius 2 is 0.648 bits per heavy atom. The van der Waals surface area contributed by atoms with Crippen molar-refractivity contribution in [3.8, 4) is 24.3 Å². The van der Waals surface area contributed by atoms with E-state index in [4.69, 9.17) is 30.1 Å². The molecule has 11 unspecified atom stereocenters. The fraction of sp³-hybridized carbons (Fsp3) is 0.454. The average molecular weight is 1990 g/mol. The van der Waals surface area contributed by atoms with Crippen LogP contribution in [0.25, 0.3) is 44.1 Å². The molecule has 0 aliphatic carbocycles. The average Bonchev–Trinajstić information content (AvgIpc) is 1.64. The van der Waals surface area contributed by atoms with E-state index in [2.05, 4.69) is 290 Å². The van der Waals surface area contributed by atoms with Crippen LogP contribution in [0, 0.1) is 80.8 Å². The predicted molar refractivity (Wildman–Crippen MR) is 559 cm³/mol. The molecule has 23 heteroatoms. The summed E-state index contributed by atoms with van der Waals surface area (Å²) in [5, 5.41) is 81.2. The van der Waals surface area contributed by atoms with E-state index < -0.39 is 35.8 Å². The van der Waals surface area contributed by atoms with E-state index in [1.165, 1.54) is 22.3 Å². The van der Waals surface area contributed by atoms with Gasteiger partial charge in [0.25, 0.3) is 0 Å². The Balaban J connectivity index is 0.000000729. The summed E-state index contributed by atoms with van der Waals surface area (Å²) in [6.45, 7) is 25.3. The zero-order valence-electron chi connectivity index (χ0n) is 84.9. The van der Waals surface area contributed by atoms with Gasteiger partial charge in [0.15, 0.2) is 0 Å². The number of unbranched alkanes of at least 4 members (excludes halogenated alkanes) is 1. The summed E-state index contributed by atoms with van der Waals surface area (Å²) >= 11 is 0. The first kappa shape index (κ1) is 112. The largest absolute Gasteiger partial charge is 0.481 e. The van der Waals surface area contributed by atoms with E-state index in [-0.39, 0.29) is 88.3 Å². The van der Waals surface area contributed by atoms with Gasteiger partial charge in [0.2, 0.25) is 0 Å². The van der Waals surface area contributed by atoms with Crippen LogP contribution in [0.4, 0.5) is 0 Å². The molecular weight excluding hydrogens is 1850 g/mol. The third-order valence-electron chi connectivity index (χ3n) is 29.1. The molecule has 0 aliphatic rings. The molecule has 13 aromatic rings. The van der Waals surface area contributed by atoms with Crippen molar-refractivity contribution in [1.82, 2.24) is 48.0 Å². The monoisotopic (exact) mass is 1990 g/mol. The van der Waals surface area contributed by atoms with Crippen LogP contribution in [0.1, 0.15) is 324 Å². The van der Waals surface area contributed by atoms with Gasteiger partial charge < -0.3 is 38.7 Å². The minimum atomic E-state index is -0.947. The first-order valence-electron chi connectivity index (χ1n) is 51.7. The van der Waals surface area contributed by atoms with Crippen molar-refractivity contribution >= 4 is 62.0 Å². The molecule has 9 aromatic carbocycles. The van der Waals surface area contributed by atoms with Gasteiger partial charge in [-0.1, -0.05) is 253 Å². The molecule has 0 spiro atoms. The summed E-state index contributed by atoms with van der Waals surface area (Å²) in [4.78, 5) is 61.1. The number of aliphatic carboxylic acids is 2. The van der Waals surface area contributed by atoms with Gasteiger partial charge >= 0.3 is 17.9 Å². The Kier molecular flexibility index (Phi) is 44.9. The second kappa shape index (κ2) is 56.9. The fourth-order valence-corrected chi connectivity index (χ4v) is 20.6. The van der Waals surface area contributed by atoms with Crippen LogP contribution < -0.4 is 0 Å². The van der Waals surface area contributed by atoms with E-state index in [0.29, 0.717) is 95.8 Å². The van der Waals surface area contributed by atoms with Crippen molar-refractivity contribution in [2.24, 2.45) is 35.5 Å². The molecule has 21 nitrogen and oxygen atoms in total. The van der Waals surface area contributed by atoms with Gasteiger partial charge in [-0.2, -0.15) is 21.0 Å². The van der Waals surface area contributed by atoms with Crippen molar-refractivity contribution in [2.75, 3.05) is 13.1 Å². The number of aliphatic hydroxyl groups excluding tert-OH is 1. The molecule has 142 heavy (non-hydrogen) atoms. The molecule has 0 amide bonds. The Morgan fingerprint density at radius 1 is 0.331 bits per heavy atom. The zero-order valence-corrected chi connectivity index (χ0v) is 87.2. The molecule has 2 radical (unpaired) electrons. The van der Waals surface area contributed by atoms with Gasteiger partial charge in [-0.05, 0) is 256 Å². The molecule has 0 saturated heterocycles. The summed E-state index contributed by atoms with van der Waals surface area (Å²) in [6, 6.07) is 86.3. The standard InChI is InChI=1S/C101H123N13O3.C18H23NO4.2Mn/c1-9-17-28-74(61-104)37-47-80(15-7)83-50-41-76(42-51-83)63-112-94-34-23-19-30-90(94)106-98(112)69-109(68-97-105-89-29-18-22-33-93(89)111(97)62-75-39-48-82(49-40-75)79(13-5)14-6)66-88(115)67-110(70-99-107-91-31-20-24-35-95(91)113(99)64-77-43-52-84(53-44-77)86(27-11-3)57-72(12-4)59-102)71-100-108-92-32-21-25-36-96(92)114(100)65-78-45-54-85(55-46-78)87(58-81(16-8)101(116)117)56-38-73(60-103)26-10-2;1-3-14(15-6-8-16(9-7-15)18(22)23)5-4-13(11-19)10-12(2)17(20)21;;/h18-25,29-36,39-46,48-55,72-74,79-81,86-88,115H,9-17,26-28,37-38,47,56-58,62-71H2,1-8H3,(H,116,117);6-9,12-14H,3-5,10H2,1-2H3,(H,20,21)(H,22,23);;. The molecule has 4 aromatic heterocycles. The molecule has 748 valence electrons. The SMILES string of the molecule is CCC(CCC(C#N)CC(C)C(=O)O)c1ccc(C(=O)O)cc1.CCCCC(C#N)CCC(CC)c1ccc(Cn2c(CN(Cc3nc4ccccc4n3Cc3ccc(C(CC)CC)cc3)CC(O)CN(Cc3nc4ccccc4n3Cc3ccc(C(CCC)CC(C#N)CC)cc3)Cc3nc4ccccc4n3Cc3ccc(C(CCC(C#N)CCC)CC(CC)C(=O)O)cc3)nc3ccccc32)cc1.[Mn].[Mn]. The number of aromatic nitrogens is 8. The van der Waals surface area contributed by atoms with E-state index in [9.17, 15) is 45.6 Å². The van der Waals surface area contributed by atoms with Gasteiger partial charge in [0, 0.05) is 97.1 Å².